The summed E-state index contributed by atoms with van der Waals surface area (Å²) >= 11 is 0. The highest BCUT2D eigenvalue weighted by molar-refractivity contribution is 5.76. The molecule has 0 amide bonds. The molecule has 8 nitrogen and oxygen atoms in total. The predicted octanol–water partition coefficient (Wildman–Crippen LogP) is 0.813. The molecular weight excluding hydrogens is 346 g/mol. The van der Waals surface area contributed by atoms with Crippen LogP contribution < -0.4 is 9.80 Å². The summed E-state index contributed by atoms with van der Waals surface area (Å²) in [6.07, 6.45) is 5.41. The van der Waals surface area contributed by atoms with Crippen molar-refractivity contribution in [2.45, 2.75) is 44.2 Å². The van der Waals surface area contributed by atoms with Gasteiger partial charge in [-0.15, -0.1) is 0 Å². The Morgan fingerprint density at radius 1 is 1.19 bits per heavy atom. The lowest BCUT2D eigenvalue weighted by atomic mass is 9.68. The van der Waals surface area contributed by atoms with Gasteiger partial charge in [0.25, 0.3) is 0 Å². The van der Waals surface area contributed by atoms with E-state index in [4.69, 9.17) is 4.98 Å². The number of likely N-dealkylation sites (N-methyl/N-ethyl adjacent to an activating group) is 1. The van der Waals surface area contributed by atoms with Gasteiger partial charge in [-0.05, 0) is 51.8 Å². The molecule has 3 fully saturated rings. The standard InChI is InChI=1S/C19H29N5O3/c1-22-9-2-6-19(17(26)27)7-12-24(13-15(19)22)18-20-8-3-16(21-18)23-10-4-14(25)5-11-23/h3,8,14-15,25H,2,4-7,9-13H2,1H3,(H,26,27)/t15-,19+/m1/s1. The Labute approximate surface area is 159 Å². The maximum Gasteiger partial charge on any atom is 0.311 e. The number of carbonyl (C=O) groups is 1. The van der Waals surface area contributed by atoms with Crippen molar-refractivity contribution in [1.29, 1.82) is 0 Å². The van der Waals surface area contributed by atoms with Crippen LogP contribution in [0.5, 0.6) is 0 Å². The first-order valence-electron chi connectivity index (χ1n) is 9.94. The molecule has 8 heteroatoms. The van der Waals surface area contributed by atoms with Crippen molar-refractivity contribution in [3.8, 4) is 0 Å². The van der Waals surface area contributed by atoms with Crippen molar-refractivity contribution in [3.63, 3.8) is 0 Å². The SMILES string of the molecule is CN1CCC[C@]2(C(=O)O)CCN(c3nccc(N4CCC(O)CC4)n3)C[C@@H]12. The van der Waals surface area contributed by atoms with E-state index in [1.807, 2.05) is 13.1 Å². The maximum absolute atomic E-state index is 12.1. The fourth-order valence-corrected chi connectivity index (χ4v) is 4.93. The highest BCUT2D eigenvalue weighted by Crippen LogP contribution is 2.42. The number of hydrogen-bond acceptors (Lipinski definition) is 7. The highest BCUT2D eigenvalue weighted by atomic mass is 16.4. The van der Waals surface area contributed by atoms with E-state index in [9.17, 15) is 15.0 Å². The Morgan fingerprint density at radius 3 is 2.70 bits per heavy atom. The van der Waals surface area contributed by atoms with Crippen molar-refractivity contribution >= 4 is 17.7 Å². The van der Waals surface area contributed by atoms with E-state index < -0.39 is 11.4 Å². The summed E-state index contributed by atoms with van der Waals surface area (Å²) in [5.74, 6) is 0.899. The molecule has 2 N–H and O–H groups in total. The second kappa shape index (κ2) is 7.24. The Bertz CT molecular complexity index is 694. The maximum atomic E-state index is 12.1. The number of aliphatic carboxylic acids is 1. The third-order valence-corrected chi connectivity index (χ3v) is 6.65. The molecule has 0 aliphatic carbocycles. The molecule has 4 rings (SSSR count). The number of rotatable bonds is 3. The molecule has 0 aromatic carbocycles. The van der Waals surface area contributed by atoms with Gasteiger partial charge in [0, 0.05) is 38.4 Å². The normalized spacial score (nSPS) is 30.2. The largest absolute Gasteiger partial charge is 0.481 e. The number of carboxylic acid groups (broad SMARTS) is 1. The van der Waals surface area contributed by atoms with Gasteiger partial charge in [-0.3, -0.25) is 4.79 Å². The Morgan fingerprint density at radius 2 is 1.96 bits per heavy atom. The Balaban J connectivity index is 1.53. The highest BCUT2D eigenvalue weighted by Gasteiger charge is 2.52. The smallest absolute Gasteiger partial charge is 0.311 e. The summed E-state index contributed by atoms with van der Waals surface area (Å²) in [5.41, 5.74) is -0.649. The molecule has 0 unspecified atom stereocenters. The summed E-state index contributed by atoms with van der Waals surface area (Å²) < 4.78 is 0. The van der Waals surface area contributed by atoms with E-state index in [1.165, 1.54) is 0 Å². The second-order valence-electron chi connectivity index (χ2n) is 8.19. The first-order valence-corrected chi connectivity index (χ1v) is 9.94. The lowest BCUT2D eigenvalue weighted by Gasteiger charge is -2.51. The summed E-state index contributed by atoms with van der Waals surface area (Å²) in [4.78, 5) is 27.8. The van der Waals surface area contributed by atoms with E-state index in [0.29, 0.717) is 25.5 Å². The summed E-state index contributed by atoms with van der Waals surface area (Å²) in [7, 11) is 2.03. The molecular formula is C19H29N5O3. The van der Waals surface area contributed by atoms with Crippen LogP contribution in [0.3, 0.4) is 0 Å². The number of carboxylic acids is 1. The van der Waals surface area contributed by atoms with Crippen molar-refractivity contribution in [3.05, 3.63) is 12.3 Å². The third kappa shape index (κ3) is 3.36. The molecule has 2 atom stereocenters. The minimum absolute atomic E-state index is 0.0186. The first kappa shape index (κ1) is 18.4. The van der Waals surface area contributed by atoms with Gasteiger partial charge in [0.2, 0.25) is 5.95 Å². The van der Waals surface area contributed by atoms with Crippen LogP contribution in [0.1, 0.15) is 32.1 Å². The first-order chi connectivity index (χ1) is 13.0. The van der Waals surface area contributed by atoms with E-state index in [-0.39, 0.29) is 12.1 Å². The predicted molar refractivity (Wildman–Crippen MR) is 102 cm³/mol. The molecule has 1 aromatic heterocycles. The average Bonchev–Trinajstić information content (AvgIpc) is 2.68. The third-order valence-electron chi connectivity index (χ3n) is 6.65. The topological polar surface area (TPSA) is 93.0 Å². The minimum Gasteiger partial charge on any atom is -0.481 e. The molecule has 4 heterocycles. The Kier molecular flexibility index (Phi) is 4.94. The monoisotopic (exact) mass is 375 g/mol. The molecule has 0 spiro atoms. The molecule has 1 aromatic rings. The molecule has 3 aliphatic rings. The lowest BCUT2D eigenvalue weighted by Crippen LogP contribution is -2.63. The van der Waals surface area contributed by atoms with Crippen LogP contribution in [0.4, 0.5) is 11.8 Å². The fraction of sp³-hybridized carbons (Fsp3) is 0.737. The van der Waals surface area contributed by atoms with E-state index in [1.54, 1.807) is 6.20 Å². The van der Waals surface area contributed by atoms with Crippen LogP contribution in [0.15, 0.2) is 12.3 Å². The van der Waals surface area contributed by atoms with Gasteiger partial charge >= 0.3 is 5.97 Å². The summed E-state index contributed by atoms with van der Waals surface area (Å²) in [6, 6.07) is 1.90. The summed E-state index contributed by atoms with van der Waals surface area (Å²) in [5, 5.41) is 19.6. The lowest BCUT2D eigenvalue weighted by molar-refractivity contribution is -0.158. The number of aliphatic hydroxyl groups is 1. The van der Waals surface area contributed by atoms with Gasteiger partial charge in [0.05, 0.1) is 11.5 Å². The second-order valence-corrected chi connectivity index (χ2v) is 8.19. The van der Waals surface area contributed by atoms with Crippen molar-refractivity contribution in [1.82, 2.24) is 14.9 Å². The minimum atomic E-state index is -0.666. The van der Waals surface area contributed by atoms with Crippen molar-refractivity contribution < 1.29 is 15.0 Å². The van der Waals surface area contributed by atoms with Gasteiger partial charge in [-0.2, -0.15) is 4.98 Å². The number of aromatic nitrogens is 2. The van der Waals surface area contributed by atoms with Crippen LogP contribution in [0.2, 0.25) is 0 Å². The number of likely N-dealkylation sites (tertiary alicyclic amines) is 1. The van der Waals surface area contributed by atoms with E-state index in [0.717, 1.165) is 51.1 Å². The van der Waals surface area contributed by atoms with Crippen LogP contribution in [0.25, 0.3) is 0 Å². The molecule has 0 radical (unpaired) electrons. The zero-order valence-corrected chi connectivity index (χ0v) is 15.9. The zero-order valence-electron chi connectivity index (χ0n) is 15.9. The Hall–Kier alpha value is -1.93. The zero-order chi connectivity index (χ0) is 19.0. The number of piperidine rings is 3. The van der Waals surface area contributed by atoms with Crippen molar-refractivity contribution in [2.75, 3.05) is 49.6 Å². The van der Waals surface area contributed by atoms with E-state index in [2.05, 4.69) is 19.7 Å². The van der Waals surface area contributed by atoms with Crippen LogP contribution in [-0.4, -0.2) is 83.0 Å². The van der Waals surface area contributed by atoms with Gasteiger partial charge in [-0.25, -0.2) is 4.98 Å². The molecule has 3 aliphatic heterocycles. The van der Waals surface area contributed by atoms with Crippen LogP contribution in [0, 0.1) is 5.41 Å². The van der Waals surface area contributed by atoms with Gasteiger partial charge in [0.1, 0.15) is 5.82 Å². The van der Waals surface area contributed by atoms with Crippen molar-refractivity contribution in [2.24, 2.45) is 5.41 Å². The number of aliphatic hydroxyl groups excluding tert-OH is 1. The molecule has 27 heavy (non-hydrogen) atoms. The van der Waals surface area contributed by atoms with Crippen LogP contribution in [-0.2, 0) is 4.79 Å². The van der Waals surface area contributed by atoms with Crippen LogP contribution >= 0.6 is 0 Å². The molecule has 148 valence electrons. The van der Waals surface area contributed by atoms with E-state index >= 15 is 0 Å². The average molecular weight is 375 g/mol. The van der Waals surface area contributed by atoms with Gasteiger partial charge < -0.3 is 24.9 Å². The fourth-order valence-electron chi connectivity index (χ4n) is 4.93. The number of anilines is 2. The van der Waals surface area contributed by atoms with Gasteiger partial charge in [0.15, 0.2) is 0 Å². The summed E-state index contributed by atoms with van der Waals surface area (Å²) in [6.45, 7) is 3.84. The number of hydrogen-bond donors (Lipinski definition) is 2. The van der Waals surface area contributed by atoms with Gasteiger partial charge in [-0.1, -0.05) is 0 Å². The quantitative estimate of drug-likeness (QED) is 0.802. The number of nitrogens with zero attached hydrogens (tertiary/aromatic N) is 5. The molecule has 3 saturated heterocycles. The number of fused-ring (bicyclic) bond motifs is 1. The molecule has 0 bridgehead atoms. The molecule has 0 saturated carbocycles.